The molecule has 1 aromatic heterocycles. The van der Waals surface area contributed by atoms with Crippen LogP contribution in [0.25, 0.3) is 11.0 Å². The molecule has 2 bridgehead atoms. The van der Waals surface area contributed by atoms with Crippen molar-refractivity contribution >= 4 is 11.0 Å². The third kappa shape index (κ3) is 0.888. The molecule has 3 aliphatic rings. The number of hydrogen-bond acceptors (Lipinski definition) is 2. The van der Waals surface area contributed by atoms with Crippen molar-refractivity contribution in [2.45, 2.75) is 30.2 Å². The minimum atomic E-state index is -0.238. The highest BCUT2D eigenvalue weighted by Gasteiger charge is 2.68. The van der Waals surface area contributed by atoms with Crippen LogP contribution in [0.3, 0.4) is 0 Å². The molecule has 4 heteroatoms. The molecule has 0 spiro atoms. The molecule has 0 unspecified atom stereocenters. The first-order chi connectivity index (χ1) is 7.59. The van der Waals surface area contributed by atoms with Crippen LogP contribution >= 0.6 is 0 Å². The van der Waals surface area contributed by atoms with Crippen molar-refractivity contribution in [1.29, 1.82) is 0 Å². The zero-order chi connectivity index (χ0) is 11.0. The molecule has 82 valence electrons. The summed E-state index contributed by atoms with van der Waals surface area (Å²) in [6.07, 6.45) is 3.05. The van der Waals surface area contributed by atoms with E-state index in [0.717, 1.165) is 30.6 Å². The monoisotopic (exact) mass is 217 g/mol. The van der Waals surface area contributed by atoms with Gasteiger partial charge >= 0.3 is 0 Å². The van der Waals surface area contributed by atoms with E-state index in [1.165, 1.54) is 12.1 Å². The van der Waals surface area contributed by atoms with E-state index < -0.39 is 0 Å². The predicted octanol–water partition coefficient (Wildman–Crippen LogP) is 1.83. The van der Waals surface area contributed by atoms with Crippen LogP contribution in [0.4, 0.5) is 4.39 Å². The summed E-state index contributed by atoms with van der Waals surface area (Å²) < 4.78 is 13.0. The van der Waals surface area contributed by atoms with E-state index in [4.69, 9.17) is 5.73 Å². The van der Waals surface area contributed by atoms with E-state index in [2.05, 4.69) is 9.97 Å². The topological polar surface area (TPSA) is 54.7 Å². The van der Waals surface area contributed by atoms with E-state index in [-0.39, 0.29) is 16.8 Å². The maximum Gasteiger partial charge on any atom is 0.125 e. The zero-order valence-corrected chi connectivity index (χ0v) is 8.76. The first kappa shape index (κ1) is 8.70. The van der Waals surface area contributed by atoms with E-state index in [9.17, 15) is 4.39 Å². The summed E-state index contributed by atoms with van der Waals surface area (Å²) in [6.45, 7) is 0. The number of nitrogens with one attached hydrogen (secondary N) is 1. The third-order valence-electron chi connectivity index (χ3n) is 4.02. The Labute approximate surface area is 91.9 Å². The summed E-state index contributed by atoms with van der Waals surface area (Å²) in [4.78, 5) is 7.77. The number of aromatic amines is 1. The van der Waals surface area contributed by atoms with Crippen LogP contribution in [0, 0.1) is 5.82 Å². The normalized spacial score (nSPS) is 35.9. The van der Waals surface area contributed by atoms with Gasteiger partial charge in [0.2, 0.25) is 0 Å². The molecular formula is C12H12FN3. The molecule has 3 fully saturated rings. The van der Waals surface area contributed by atoms with Crippen LogP contribution in [0.5, 0.6) is 0 Å². The van der Waals surface area contributed by atoms with E-state index in [0.29, 0.717) is 5.52 Å². The number of hydrogen-bond donors (Lipinski definition) is 2. The molecule has 16 heavy (non-hydrogen) atoms. The molecular weight excluding hydrogens is 205 g/mol. The Kier molecular flexibility index (Phi) is 1.25. The maximum atomic E-state index is 13.0. The quantitative estimate of drug-likeness (QED) is 0.765. The van der Waals surface area contributed by atoms with Crippen LogP contribution in [0.1, 0.15) is 25.1 Å². The lowest BCUT2D eigenvalue weighted by Crippen LogP contribution is -2.74. The highest BCUT2D eigenvalue weighted by Crippen LogP contribution is 2.65. The molecule has 0 radical (unpaired) electrons. The van der Waals surface area contributed by atoms with Gasteiger partial charge in [-0.05, 0) is 31.4 Å². The number of benzene rings is 1. The Morgan fingerprint density at radius 1 is 1.31 bits per heavy atom. The van der Waals surface area contributed by atoms with Crippen molar-refractivity contribution in [3.8, 4) is 0 Å². The van der Waals surface area contributed by atoms with E-state index in [1.807, 2.05) is 0 Å². The summed E-state index contributed by atoms with van der Waals surface area (Å²) in [5.41, 5.74) is 7.89. The fraction of sp³-hybridized carbons (Fsp3) is 0.417. The smallest absolute Gasteiger partial charge is 0.125 e. The molecule has 0 aliphatic heterocycles. The predicted molar refractivity (Wildman–Crippen MR) is 58.5 cm³/mol. The Morgan fingerprint density at radius 2 is 2.06 bits per heavy atom. The number of nitrogens with zero attached hydrogens (tertiary/aromatic N) is 1. The molecule has 3 aliphatic carbocycles. The average molecular weight is 217 g/mol. The molecule has 3 saturated carbocycles. The van der Waals surface area contributed by atoms with Crippen LogP contribution in [-0.2, 0) is 5.41 Å². The van der Waals surface area contributed by atoms with Gasteiger partial charge in [0, 0.05) is 17.0 Å². The summed E-state index contributed by atoms with van der Waals surface area (Å²) in [5, 5.41) is 0. The number of aromatic nitrogens is 2. The minimum Gasteiger partial charge on any atom is -0.342 e. The van der Waals surface area contributed by atoms with Crippen LogP contribution in [0.2, 0.25) is 0 Å². The number of halogens is 1. The first-order valence-electron chi connectivity index (χ1n) is 5.53. The highest BCUT2D eigenvalue weighted by atomic mass is 19.1. The lowest BCUT2D eigenvalue weighted by Gasteiger charge is -2.67. The summed E-state index contributed by atoms with van der Waals surface area (Å²) >= 11 is 0. The van der Waals surface area contributed by atoms with Crippen LogP contribution in [0.15, 0.2) is 18.2 Å². The highest BCUT2D eigenvalue weighted by molar-refractivity contribution is 5.75. The Morgan fingerprint density at radius 3 is 2.75 bits per heavy atom. The second-order valence-electron chi connectivity index (χ2n) is 5.42. The standard InChI is InChI=1S/C12H12FN3/c13-7-1-2-8-9(3-7)16-10(15-8)11-4-12(14,5-11)6-11/h1-3H,4-6,14H2,(H,15,16). The van der Waals surface area contributed by atoms with Gasteiger partial charge in [-0.15, -0.1) is 0 Å². The lowest BCUT2D eigenvalue weighted by molar-refractivity contribution is -0.0645. The van der Waals surface area contributed by atoms with Gasteiger partial charge in [0.25, 0.3) is 0 Å². The van der Waals surface area contributed by atoms with Crippen molar-refractivity contribution in [3.05, 3.63) is 29.8 Å². The summed E-state index contributed by atoms with van der Waals surface area (Å²) in [6, 6.07) is 4.67. The van der Waals surface area contributed by atoms with Gasteiger partial charge in [-0.2, -0.15) is 0 Å². The number of imidazole rings is 1. The second-order valence-corrected chi connectivity index (χ2v) is 5.42. The second kappa shape index (κ2) is 2.30. The average Bonchev–Trinajstić information content (AvgIpc) is 2.53. The summed E-state index contributed by atoms with van der Waals surface area (Å²) in [5.74, 6) is 0.749. The molecule has 5 rings (SSSR count). The van der Waals surface area contributed by atoms with Gasteiger partial charge in [0.05, 0.1) is 11.0 Å². The molecule has 3 N–H and O–H groups in total. The molecule has 1 heterocycles. The number of nitrogens with two attached hydrogens (primary N) is 1. The first-order valence-corrected chi connectivity index (χ1v) is 5.53. The van der Waals surface area contributed by atoms with Crippen LogP contribution < -0.4 is 5.73 Å². The van der Waals surface area contributed by atoms with Crippen molar-refractivity contribution in [2.24, 2.45) is 5.73 Å². The molecule has 0 atom stereocenters. The molecule has 1 aromatic carbocycles. The minimum absolute atomic E-state index is 0.0736. The lowest BCUT2D eigenvalue weighted by atomic mass is 9.39. The van der Waals surface area contributed by atoms with Gasteiger partial charge in [-0.3, -0.25) is 0 Å². The number of H-pyrrole nitrogens is 1. The number of rotatable bonds is 1. The van der Waals surface area contributed by atoms with Gasteiger partial charge in [-0.1, -0.05) is 0 Å². The largest absolute Gasteiger partial charge is 0.342 e. The molecule has 2 aromatic rings. The van der Waals surface area contributed by atoms with Crippen molar-refractivity contribution in [2.75, 3.05) is 0 Å². The third-order valence-corrected chi connectivity index (χ3v) is 4.02. The fourth-order valence-electron chi connectivity index (χ4n) is 3.35. The zero-order valence-electron chi connectivity index (χ0n) is 8.76. The molecule has 3 nitrogen and oxygen atoms in total. The maximum absolute atomic E-state index is 13.0. The SMILES string of the molecule is NC12CC(c3nc4cc(F)ccc4[nH]3)(C1)C2. The van der Waals surface area contributed by atoms with Gasteiger partial charge in [0.15, 0.2) is 0 Å². The van der Waals surface area contributed by atoms with E-state index in [1.54, 1.807) is 6.07 Å². The number of fused-ring (bicyclic) bond motifs is 1. The Hall–Kier alpha value is -1.42. The van der Waals surface area contributed by atoms with E-state index >= 15 is 0 Å². The van der Waals surface area contributed by atoms with Crippen molar-refractivity contribution in [1.82, 2.24) is 9.97 Å². The molecule has 0 saturated heterocycles. The van der Waals surface area contributed by atoms with Gasteiger partial charge in [0.1, 0.15) is 11.6 Å². The fourth-order valence-corrected chi connectivity index (χ4v) is 3.35. The van der Waals surface area contributed by atoms with Gasteiger partial charge in [-0.25, -0.2) is 9.37 Å². The van der Waals surface area contributed by atoms with Crippen molar-refractivity contribution < 1.29 is 4.39 Å². The Bertz CT molecular complexity index is 582. The Balaban J connectivity index is 1.82. The summed E-state index contributed by atoms with van der Waals surface area (Å²) in [7, 11) is 0. The van der Waals surface area contributed by atoms with Crippen molar-refractivity contribution in [3.63, 3.8) is 0 Å². The van der Waals surface area contributed by atoms with Gasteiger partial charge < -0.3 is 10.7 Å². The molecule has 0 amide bonds. The van der Waals surface area contributed by atoms with Crippen LogP contribution in [-0.4, -0.2) is 15.5 Å².